The van der Waals surface area contributed by atoms with Crippen molar-refractivity contribution in [2.24, 2.45) is 17.2 Å². The topological polar surface area (TPSA) is 336 Å². The van der Waals surface area contributed by atoms with Crippen LogP contribution in [0.1, 0.15) is 45.1 Å². The van der Waals surface area contributed by atoms with Gasteiger partial charge in [-0.15, -0.1) is 0 Å². The average Bonchev–Trinajstić information content (AvgIpc) is 3.14. The molecule has 0 saturated carbocycles. The summed E-state index contributed by atoms with van der Waals surface area (Å²) in [6.07, 6.45) is 0.760. The van der Waals surface area contributed by atoms with Gasteiger partial charge in [-0.05, 0) is 45.2 Å². The van der Waals surface area contributed by atoms with E-state index in [4.69, 9.17) is 17.2 Å². The molecule has 0 aliphatic carbocycles. The number of benzene rings is 1. The molecule has 0 aliphatic rings. The molecule has 54 heavy (non-hydrogen) atoms. The number of aliphatic hydroxyl groups excluding tert-OH is 1. The van der Waals surface area contributed by atoms with Crippen molar-refractivity contribution >= 4 is 66.2 Å². The minimum atomic E-state index is -1.62. The van der Waals surface area contributed by atoms with E-state index in [0.29, 0.717) is 31.2 Å². The van der Waals surface area contributed by atoms with E-state index < -0.39 is 109 Å². The van der Waals surface area contributed by atoms with Crippen molar-refractivity contribution in [3.63, 3.8) is 0 Å². The summed E-state index contributed by atoms with van der Waals surface area (Å²) in [6, 6.07) is -0.558. The molecule has 0 bridgehead atoms. The predicted molar refractivity (Wildman–Crippen MR) is 198 cm³/mol. The van der Waals surface area contributed by atoms with Crippen LogP contribution in [-0.4, -0.2) is 126 Å². The molecule has 0 radical (unpaired) electrons. The Morgan fingerprint density at radius 3 is 1.80 bits per heavy atom. The molecule has 20 nitrogen and oxygen atoms in total. The number of amides is 8. The number of rotatable bonds is 25. The highest BCUT2D eigenvalue weighted by Gasteiger charge is 2.33. The first kappa shape index (κ1) is 46.9. The number of hydrogen-bond donors (Lipinski definition) is 12. The second kappa shape index (κ2) is 25.0. The number of hydrogen-bond acceptors (Lipinski definition) is 13. The van der Waals surface area contributed by atoms with Crippen molar-refractivity contribution in [1.29, 1.82) is 0 Å². The Morgan fingerprint density at radius 1 is 0.704 bits per heavy atom. The largest absolute Gasteiger partial charge is 0.394 e. The smallest absolute Gasteiger partial charge is 0.245 e. The van der Waals surface area contributed by atoms with E-state index in [1.165, 1.54) is 13.8 Å². The van der Waals surface area contributed by atoms with Gasteiger partial charge in [-0.25, -0.2) is 0 Å². The molecule has 21 heteroatoms. The van der Waals surface area contributed by atoms with Crippen LogP contribution in [0, 0.1) is 0 Å². The number of nitrogens with one attached hydrogen (secondary N) is 7. The number of unbranched alkanes of at least 4 members (excludes halogenated alkanes) is 1. The Balaban J connectivity index is 3.21. The Hall–Kier alpha value is -5.12. The highest BCUT2D eigenvalue weighted by atomic mass is 32.1. The molecule has 0 aromatic heterocycles. The van der Waals surface area contributed by atoms with Crippen LogP contribution in [0.15, 0.2) is 30.3 Å². The van der Waals surface area contributed by atoms with Gasteiger partial charge in [0.2, 0.25) is 47.3 Å². The molecule has 8 amide bonds. The number of thiol groups is 1. The number of nitrogens with two attached hydrogens (primary N) is 3. The lowest BCUT2D eigenvalue weighted by molar-refractivity contribution is -0.136. The molecule has 1 rings (SSSR count). The van der Waals surface area contributed by atoms with Gasteiger partial charge in [0.05, 0.1) is 25.6 Å². The Bertz CT molecular complexity index is 1450. The van der Waals surface area contributed by atoms with Gasteiger partial charge in [-0.3, -0.25) is 38.4 Å². The third-order valence-corrected chi connectivity index (χ3v) is 8.06. The van der Waals surface area contributed by atoms with Crippen LogP contribution in [0.4, 0.5) is 0 Å². The number of carbonyl (C=O) groups is 9. The fourth-order valence-electron chi connectivity index (χ4n) is 4.72. The standard InChI is InChI=1S/C33H52N10O10S/c1-18(15-44)37-28(48)19(2)38-29(49)21(10-6-7-11-34)40-32(52)24(16-45)42-30(50)22(12-20-8-4-3-5-9-20)41-33(53)25(17-54)43-31(51)23(13-26(36)46)39-27(47)14-35/h3-5,8-9,15,18-19,21-25,45,54H,6-7,10-14,16-17,34-35H2,1-2H3,(H2,36,46)(H,37,48)(H,38,49)(H,39,47)(H,40,52)(H,41,53)(H,42,50)(H,43,51)/t18-,19-,21-,22-,23-,24-,25-/m0/s1. The SMILES string of the molecule is C[C@H](NC(=O)[C@H](CCCCN)NC(=O)[C@H](CO)NC(=O)[C@H](Cc1ccccc1)NC(=O)[C@H](CS)NC(=O)[C@H](CC(N)=O)NC(=O)CN)C(=O)N[C@@H](C)C=O. The molecular formula is C33H52N10O10S. The van der Waals surface area contributed by atoms with Gasteiger partial charge in [-0.2, -0.15) is 12.6 Å². The second-order valence-electron chi connectivity index (χ2n) is 12.2. The van der Waals surface area contributed by atoms with Crippen LogP contribution in [0.25, 0.3) is 0 Å². The van der Waals surface area contributed by atoms with Crippen LogP contribution >= 0.6 is 12.6 Å². The minimum absolute atomic E-state index is 0.0830. The quantitative estimate of drug-likeness (QED) is 0.0252. The molecular weight excluding hydrogens is 728 g/mol. The maximum atomic E-state index is 13.6. The monoisotopic (exact) mass is 780 g/mol. The van der Waals surface area contributed by atoms with Crippen LogP contribution in [-0.2, 0) is 49.6 Å². The zero-order valence-electron chi connectivity index (χ0n) is 30.2. The number of primary amides is 1. The van der Waals surface area contributed by atoms with Gasteiger partial charge in [0.15, 0.2) is 0 Å². The first-order valence-electron chi connectivity index (χ1n) is 17.1. The molecule has 0 unspecified atom stereocenters. The van der Waals surface area contributed by atoms with Gasteiger partial charge < -0.3 is 64.3 Å². The summed E-state index contributed by atoms with van der Waals surface area (Å²) >= 11 is 4.12. The molecule has 0 spiro atoms. The minimum Gasteiger partial charge on any atom is -0.394 e. The molecule has 0 heterocycles. The van der Waals surface area contributed by atoms with Gasteiger partial charge in [0.1, 0.15) is 42.5 Å². The lowest BCUT2D eigenvalue weighted by atomic mass is 10.0. The van der Waals surface area contributed by atoms with Gasteiger partial charge in [0, 0.05) is 12.2 Å². The maximum absolute atomic E-state index is 13.6. The van der Waals surface area contributed by atoms with E-state index in [0.717, 1.165) is 0 Å². The molecule has 0 aliphatic heterocycles. The van der Waals surface area contributed by atoms with Crippen molar-refractivity contribution < 1.29 is 48.3 Å². The molecule has 0 fully saturated rings. The third-order valence-electron chi connectivity index (χ3n) is 7.70. The van der Waals surface area contributed by atoms with E-state index in [1.54, 1.807) is 30.3 Å². The summed E-state index contributed by atoms with van der Waals surface area (Å²) in [5.74, 6) is -7.13. The predicted octanol–water partition coefficient (Wildman–Crippen LogP) is -5.25. The Labute approximate surface area is 318 Å². The van der Waals surface area contributed by atoms with Crippen LogP contribution in [0.5, 0.6) is 0 Å². The zero-order valence-corrected chi connectivity index (χ0v) is 31.1. The van der Waals surface area contributed by atoms with E-state index >= 15 is 0 Å². The summed E-state index contributed by atoms with van der Waals surface area (Å²) in [7, 11) is 0. The lowest BCUT2D eigenvalue weighted by Crippen LogP contribution is -2.61. The van der Waals surface area contributed by atoms with E-state index in [1.807, 2.05) is 0 Å². The van der Waals surface area contributed by atoms with Crippen LogP contribution < -0.4 is 54.4 Å². The number of aliphatic hydroxyl groups is 1. The summed E-state index contributed by atoms with van der Waals surface area (Å²) in [5.41, 5.74) is 16.6. The van der Waals surface area contributed by atoms with Crippen LogP contribution in [0.3, 0.4) is 0 Å². The van der Waals surface area contributed by atoms with Crippen molar-refractivity contribution in [2.75, 3.05) is 25.4 Å². The third kappa shape index (κ3) is 17.1. The first-order valence-corrected chi connectivity index (χ1v) is 17.7. The average molecular weight is 781 g/mol. The van der Waals surface area contributed by atoms with E-state index in [2.05, 4.69) is 49.8 Å². The lowest BCUT2D eigenvalue weighted by Gasteiger charge is -2.26. The van der Waals surface area contributed by atoms with Gasteiger partial charge in [-0.1, -0.05) is 30.3 Å². The first-order chi connectivity index (χ1) is 25.6. The zero-order chi connectivity index (χ0) is 40.8. The van der Waals surface area contributed by atoms with Crippen LogP contribution in [0.2, 0.25) is 0 Å². The summed E-state index contributed by atoms with van der Waals surface area (Å²) in [4.78, 5) is 113. The van der Waals surface area contributed by atoms with Crippen molar-refractivity contribution in [3.05, 3.63) is 35.9 Å². The molecule has 1 aromatic carbocycles. The summed E-state index contributed by atoms with van der Waals surface area (Å²) in [6.45, 7) is 1.70. The Morgan fingerprint density at radius 2 is 1.24 bits per heavy atom. The van der Waals surface area contributed by atoms with Gasteiger partial charge >= 0.3 is 0 Å². The summed E-state index contributed by atoms with van der Waals surface area (Å²) < 4.78 is 0. The number of aldehydes is 1. The molecule has 300 valence electrons. The summed E-state index contributed by atoms with van der Waals surface area (Å²) in [5, 5.41) is 26.9. The highest BCUT2D eigenvalue weighted by Crippen LogP contribution is 2.07. The van der Waals surface area contributed by atoms with Gasteiger partial charge in [0.25, 0.3) is 0 Å². The fourth-order valence-corrected chi connectivity index (χ4v) is 4.98. The highest BCUT2D eigenvalue weighted by molar-refractivity contribution is 7.80. The molecule has 0 saturated heterocycles. The Kier molecular flexibility index (Phi) is 21.7. The normalized spacial score (nSPS) is 14.6. The van der Waals surface area contributed by atoms with E-state index in [-0.39, 0.29) is 18.6 Å². The molecule has 1 aromatic rings. The number of carbonyl (C=O) groups excluding carboxylic acids is 9. The molecule has 14 N–H and O–H groups in total. The van der Waals surface area contributed by atoms with Crippen molar-refractivity contribution in [3.8, 4) is 0 Å². The maximum Gasteiger partial charge on any atom is 0.245 e. The van der Waals surface area contributed by atoms with Crippen molar-refractivity contribution in [2.45, 2.75) is 88.2 Å². The fraction of sp³-hybridized carbons (Fsp3) is 0.545. The second-order valence-corrected chi connectivity index (χ2v) is 12.6. The molecule has 7 atom stereocenters. The van der Waals surface area contributed by atoms with E-state index in [9.17, 15) is 48.3 Å². The van der Waals surface area contributed by atoms with Crippen molar-refractivity contribution in [1.82, 2.24) is 37.2 Å².